The molecule has 136 valence electrons. The third kappa shape index (κ3) is 4.00. The summed E-state index contributed by atoms with van der Waals surface area (Å²) in [6, 6.07) is 10.2. The van der Waals surface area contributed by atoms with Gasteiger partial charge in [0, 0.05) is 44.4 Å². The average molecular weight is 353 g/mol. The second-order valence-corrected chi connectivity index (χ2v) is 6.86. The highest BCUT2D eigenvalue weighted by Crippen LogP contribution is 2.17. The van der Waals surface area contributed by atoms with Crippen molar-refractivity contribution in [3.8, 4) is 11.4 Å². The Labute approximate surface area is 152 Å². The van der Waals surface area contributed by atoms with E-state index in [1.165, 1.54) is 5.56 Å². The van der Waals surface area contributed by atoms with Gasteiger partial charge in [-0.15, -0.1) is 0 Å². The van der Waals surface area contributed by atoms with E-state index >= 15 is 0 Å². The van der Waals surface area contributed by atoms with E-state index in [1.807, 2.05) is 25.1 Å². The molecule has 2 aromatic heterocycles. The van der Waals surface area contributed by atoms with Crippen molar-refractivity contribution in [2.24, 2.45) is 0 Å². The van der Waals surface area contributed by atoms with Gasteiger partial charge in [0.15, 0.2) is 0 Å². The van der Waals surface area contributed by atoms with Gasteiger partial charge in [0.1, 0.15) is 5.76 Å². The minimum absolute atomic E-state index is 0.653. The first-order chi connectivity index (χ1) is 12.7. The van der Waals surface area contributed by atoms with Crippen molar-refractivity contribution in [2.45, 2.75) is 26.9 Å². The van der Waals surface area contributed by atoms with Gasteiger partial charge in [-0.05, 0) is 13.8 Å². The molecular formula is C19H23N5O2. The highest BCUT2D eigenvalue weighted by Gasteiger charge is 2.20. The lowest BCUT2D eigenvalue weighted by Gasteiger charge is -2.33. The van der Waals surface area contributed by atoms with Crippen molar-refractivity contribution in [2.75, 3.05) is 26.2 Å². The Kier molecular flexibility index (Phi) is 4.81. The van der Waals surface area contributed by atoms with Crippen LogP contribution in [0.3, 0.4) is 0 Å². The van der Waals surface area contributed by atoms with Crippen molar-refractivity contribution in [1.29, 1.82) is 0 Å². The molecule has 3 heterocycles. The van der Waals surface area contributed by atoms with Crippen LogP contribution in [-0.4, -0.2) is 51.3 Å². The van der Waals surface area contributed by atoms with Crippen molar-refractivity contribution in [3.05, 3.63) is 53.2 Å². The summed E-state index contributed by atoms with van der Waals surface area (Å²) in [5.74, 6) is 2.18. The van der Waals surface area contributed by atoms with E-state index in [1.54, 1.807) is 0 Å². The number of aromatic nitrogens is 3. The number of piperazine rings is 1. The van der Waals surface area contributed by atoms with Crippen molar-refractivity contribution < 1.29 is 9.05 Å². The maximum atomic E-state index is 5.44. The second-order valence-electron chi connectivity index (χ2n) is 6.86. The molecule has 7 heteroatoms. The molecule has 1 saturated heterocycles. The van der Waals surface area contributed by atoms with E-state index in [4.69, 9.17) is 9.05 Å². The van der Waals surface area contributed by atoms with E-state index in [0.717, 1.165) is 49.7 Å². The topological polar surface area (TPSA) is 71.4 Å². The number of nitrogens with zero attached hydrogens (tertiary/aromatic N) is 5. The van der Waals surface area contributed by atoms with Crippen LogP contribution >= 0.6 is 0 Å². The molecule has 0 saturated carbocycles. The van der Waals surface area contributed by atoms with E-state index in [9.17, 15) is 0 Å². The number of aryl methyl sites for hydroxylation is 2. The van der Waals surface area contributed by atoms with E-state index in [0.29, 0.717) is 18.3 Å². The Morgan fingerprint density at radius 2 is 1.58 bits per heavy atom. The van der Waals surface area contributed by atoms with E-state index in [-0.39, 0.29) is 0 Å². The SMILES string of the molecule is Cc1ccc(-c2noc(CN3CCN(Cc4cc(C)on4)CC3)n2)cc1. The van der Waals surface area contributed by atoms with Crippen molar-refractivity contribution in [3.63, 3.8) is 0 Å². The maximum absolute atomic E-state index is 5.44. The predicted octanol–water partition coefficient (Wildman–Crippen LogP) is 2.66. The normalized spacial score (nSPS) is 16.2. The molecule has 26 heavy (non-hydrogen) atoms. The van der Waals surface area contributed by atoms with Gasteiger partial charge in [0.2, 0.25) is 11.7 Å². The molecule has 3 aromatic rings. The molecule has 0 N–H and O–H groups in total. The molecular weight excluding hydrogens is 330 g/mol. The molecule has 0 spiro atoms. The number of hydrogen-bond donors (Lipinski definition) is 0. The summed E-state index contributed by atoms with van der Waals surface area (Å²) in [6.07, 6.45) is 0. The maximum Gasteiger partial charge on any atom is 0.241 e. The molecule has 1 fully saturated rings. The van der Waals surface area contributed by atoms with Gasteiger partial charge < -0.3 is 9.05 Å². The van der Waals surface area contributed by atoms with Gasteiger partial charge in [-0.1, -0.05) is 40.1 Å². The van der Waals surface area contributed by atoms with Crippen molar-refractivity contribution in [1.82, 2.24) is 25.1 Å². The summed E-state index contributed by atoms with van der Waals surface area (Å²) in [6.45, 7) is 9.44. The summed E-state index contributed by atoms with van der Waals surface area (Å²) < 4.78 is 10.6. The molecule has 4 rings (SSSR count). The quantitative estimate of drug-likeness (QED) is 0.698. The molecule has 0 amide bonds. The number of benzene rings is 1. The van der Waals surface area contributed by atoms with Crippen LogP contribution in [0.15, 0.2) is 39.4 Å². The van der Waals surface area contributed by atoms with Gasteiger partial charge in [0.25, 0.3) is 0 Å². The Morgan fingerprint density at radius 3 is 2.23 bits per heavy atom. The molecule has 7 nitrogen and oxygen atoms in total. The van der Waals surface area contributed by atoms with Gasteiger partial charge in [0.05, 0.1) is 12.2 Å². The fourth-order valence-electron chi connectivity index (χ4n) is 3.16. The zero-order valence-electron chi connectivity index (χ0n) is 15.2. The van der Waals surface area contributed by atoms with E-state index in [2.05, 4.69) is 44.2 Å². The summed E-state index contributed by atoms with van der Waals surface area (Å²) in [5.41, 5.74) is 3.20. The first kappa shape index (κ1) is 16.9. The molecule has 0 bridgehead atoms. The van der Waals surface area contributed by atoms with Crippen LogP contribution in [0.2, 0.25) is 0 Å². The standard InChI is InChI=1S/C19H23N5O2/c1-14-3-5-16(6-4-14)19-20-18(26-22-19)13-24-9-7-23(8-10-24)12-17-11-15(2)25-21-17/h3-6,11H,7-10,12-13H2,1-2H3. The molecule has 1 aromatic carbocycles. The van der Waals surface area contributed by atoms with Gasteiger partial charge >= 0.3 is 0 Å². The Hall–Kier alpha value is -2.51. The highest BCUT2D eigenvalue weighted by atomic mass is 16.5. The first-order valence-electron chi connectivity index (χ1n) is 8.92. The van der Waals surface area contributed by atoms with Crippen LogP contribution in [0.4, 0.5) is 0 Å². The minimum Gasteiger partial charge on any atom is -0.361 e. The lowest BCUT2D eigenvalue weighted by Crippen LogP contribution is -2.45. The van der Waals surface area contributed by atoms with Crippen LogP contribution in [0.1, 0.15) is 22.9 Å². The largest absolute Gasteiger partial charge is 0.361 e. The summed E-state index contributed by atoms with van der Waals surface area (Å²) >= 11 is 0. The molecule has 0 aliphatic carbocycles. The number of hydrogen-bond acceptors (Lipinski definition) is 7. The average Bonchev–Trinajstić information content (AvgIpc) is 3.26. The molecule has 1 aliphatic heterocycles. The third-order valence-corrected chi connectivity index (χ3v) is 4.66. The van der Waals surface area contributed by atoms with Crippen LogP contribution in [0.5, 0.6) is 0 Å². The van der Waals surface area contributed by atoms with Gasteiger partial charge in [-0.2, -0.15) is 4.98 Å². The smallest absolute Gasteiger partial charge is 0.241 e. The zero-order chi connectivity index (χ0) is 17.9. The zero-order valence-corrected chi connectivity index (χ0v) is 15.2. The lowest BCUT2D eigenvalue weighted by atomic mass is 10.1. The first-order valence-corrected chi connectivity index (χ1v) is 8.92. The lowest BCUT2D eigenvalue weighted by molar-refractivity contribution is 0.110. The Morgan fingerprint density at radius 1 is 0.885 bits per heavy atom. The van der Waals surface area contributed by atoms with Crippen LogP contribution in [-0.2, 0) is 13.1 Å². The van der Waals surface area contributed by atoms with Crippen molar-refractivity contribution >= 4 is 0 Å². The van der Waals surface area contributed by atoms with Crippen LogP contribution in [0, 0.1) is 13.8 Å². The monoisotopic (exact) mass is 353 g/mol. The second kappa shape index (κ2) is 7.39. The Bertz CT molecular complexity index is 847. The van der Waals surface area contributed by atoms with E-state index < -0.39 is 0 Å². The fourth-order valence-corrected chi connectivity index (χ4v) is 3.16. The fraction of sp³-hybridized carbons (Fsp3) is 0.421. The van der Waals surface area contributed by atoms with Crippen LogP contribution in [0.25, 0.3) is 11.4 Å². The molecule has 0 radical (unpaired) electrons. The minimum atomic E-state index is 0.653. The predicted molar refractivity (Wildman–Crippen MR) is 96.3 cm³/mol. The third-order valence-electron chi connectivity index (χ3n) is 4.66. The summed E-state index contributed by atoms with van der Waals surface area (Å²) in [4.78, 5) is 9.27. The Balaban J connectivity index is 1.30. The molecule has 1 aliphatic rings. The highest BCUT2D eigenvalue weighted by molar-refractivity contribution is 5.54. The van der Waals surface area contributed by atoms with Gasteiger partial charge in [-0.25, -0.2) is 0 Å². The molecule has 0 unspecified atom stereocenters. The number of rotatable bonds is 5. The summed E-state index contributed by atoms with van der Waals surface area (Å²) in [5, 5.41) is 8.18. The molecule has 0 atom stereocenters. The van der Waals surface area contributed by atoms with Crippen LogP contribution < -0.4 is 0 Å². The van der Waals surface area contributed by atoms with Gasteiger partial charge in [-0.3, -0.25) is 9.80 Å². The summed E-state index contributed by atoms with van der Waals surface area (Å²) in [7, 11) is 0.